The zero-order chi connectivity index (χ0) is 14.6. The zero-order valence-electron chi connectivity index (χ0n) is 12.0. The van der Waals surface area contributed by atoms with Gasteiger partial charge in [-0.25, -0.2) is 9.37 Å². The van der Waals surface area contributed by atoms with Crippen LogP contribution in [0, 0.1) is 5.82 Å². The summed E-state index contributed by atoms with van der Waals surface area (Å²) in [6.07, 6.45) is 1.78. The highest BCUT2D eigenvalue weighted by atomic mass is 32.2. The van der Waals surface area contributed by atoms with E-state index in [9.17, 15) is 4.39 Å². The maximum atomic E-state index is 12.9. The fraction of sp³-hybridized carbons (Fsp3) is 0.312. The predicted molar refractivity (Wildman–Crippen MR) is 81.4 cm³/mol. The van der Waals surface area contributed by atoms with Gasteiger partial charge in [0.05, 0.1) is 0 Å². The van der Waals surface area contributed by atoms with Crippen molar-refractivity contribution in [3.63, 3.8) is 0 Å². The van der Waals surface area contributed by atoms with Crippen LogP contribution in [0.15, 0.2) is 52.5 Å². The molecule has 4 heteroatoms. The van der Waals surface area contributed by atoms with Crippen molar-refractivity contribution in [3.05, 3.63) is 54.0 Å². The molecular weight excluding hydrogens is 271 g/mol. The van der Waals surface area contributed by atoms with E-state index in [-0.39, 0.29) is 11.4 Å². The molecule has 0 amide bonds. The summed E-state index contributed by atoms with van der Waals surface area (Å²) in [7, 11) is 0. The summed E-state index contributed by atoms with van der Waals surface area (Å²) in [6.45, 7) is 7.17. The first-order valence-corrected chi connectivity index (χ1v) is 7.38. The summed E-state index contributed by atoms with van der Waals surface area (Å²) >= 11 is 1.56. The van der Waals surface area contributed by atoms with Crippen LogP contribution in [0.3, 0.4) is 0 Å². The molecule has 1 aromatic carbocycles. The summed E-state index contributed by atoms with van der Waals surface area (Å²) in [5, 5.41) is 4.41. The maximum absolute atomic E-state index is 12.9. The highest BCUT2D eigenvalue weighted by Crippen LogP contribution is 2.28. The largest absolute Gasteiger partial charge is 0.308 e. The Morgan fingerprint density at radius 3 is 2.50 bits per heavy atom. The second-order valence-corrected chi connectivity index (χ2v) is 6.69. The van der Waals surface area contributed by atoms with Crippen LogP contribution < -0.4 is 5.32 Å². The molecule has 0 unspecified atom stereocenters. The van der Waals surface area contributed by atoms with Crippen LogP contribution in [-0.2, 0) is 6.54 Å². The van der Waals surface area contributed by atoms with Gasteiger partial charge >= 0.3 is 0 Å². The van der Waals surface area contributed by atoms with Crippen molar-refractivity contribution < 1.29 is 4.39 Å². The van der Waals surface area contributed by atoms with Crippen molar-refractivity contribution in [2.24, 2.45) is 0 Å². The Labute approximate surface area is 123 Å². The van der Waals surface area contributed by atoms with Crippen LogP contribution in [0.2, 0.25) is 0 Å². The van der Waals surface area contributed by atoms with Gasteiger partial charge in [0.2, 0.25) is 0 Å². The third kappa shape index (κ3) is 4.62. The van der Waals surface area contributed by atoms with Gasteiger partial charge in [-0.1, -0.05) is 17.8 Å². The van der Waals surface area contributed by atoms with Gasteiger partial charge in [0.25, 0.3) is 0 Å². The molecule has 1 heterocycles. The van der Waals surface area contributed by atoms with E-state index in [0.717, 1.165) is 22.0 Å². The fourth-order valence-electron chi connectivity index (χ4n) is 1.63. The third-order valence-electron chi connectivity index (χ3n) is 2.69. The van der Waals surface area contributed by atoms with Gasteiger partial charge in [-0.05, 0) is 56.7 Å². The molecule has 0 aliphatic heterocycles. The van der Waals surface area contributed by atoms with Crippen molar-refractivity contribution in [2.75, 3.05) is 0 Å². The molecule has 0 fully saturated rings. The summed E-state index contributed by atoms with van der Waals surface area (Å²) in [5.41, 5.74) is 1.21. The molecule has 0 aliphatic carbocycles. The Hall–Kier alpha value is -1.39. The first-order valence-electron chi connectivity index (χ1n) is 6.56. The lowest BCUT2D eigenvalue weighted by molar-refractivity contribution is 0.422. The molecule has 1 aromatic heterocycles. The molecule has 2 nitrogen and oxygen atoms in total. The molecule has 0 atom stereocenters. The average Bonchev–Trinajstić information content (AvgIpc) is 2.39. The van der Waals surface area contributed by atoms with E-state index in [1.807, 2.05) is 6.07 Å². The zero-order valence-corrected chi connectivity index (χ0v) is 12.8. The minimum Gasteiger partial charge on any atom is -0.308 e. The van der Waals surface area contributed by atoms with Gasteiger partial charge in [0.1, 0.15) is 10.8 Å². The molecule has 2 aromatic rings. The van der Waals surface area contributed by atoms with Crippen LogP contribution in [-0.4, -0.2) is 10.5 Å². The lowest BCUT2D eigenvalue weighted by atomic mass is 10.1. The van der Waals surface area contributed by atoms with Crippen molar-refractivity contribution in [3.8, 4) is 0 Å². The Kier molecular flexibility index (Phi) is 4.78. The Morgan fingerprint density at radius 2 is 1.85 bits per heavy atom. The minimum atomic E-state index is -0.218. The van der Waals surface area contributed by atoms with Crippen molar-refractivity contribution in [2.45, 2.75) is 42.8 Å². The van der Waals surface area contributed by atoms with E-state index in [1.165, 1.54) is 12.1 Å². The molecule has 0 bridgehead atoms. The lowest BCUT2D eigenvalue weighted by Crippen LogP contribution is -2.35. The second kappa shape index (κ2) is 6.37. The SMILES string of the molecule is CC(C)(C)NCc1cccnc1Sc1ccc(F)cc1. The van der Waals surface area contributed by atoms with Gasteiger partial charge in [-0.15, -0.1) is 0 Å². The van der Waals surface area contributed by atoms with E-state index in [0.29, 0.717) is 0 Å². The van der Waals surface area contributed by atoms with E-state index >= 15 is 0 Å². The number of nitrogens with one attached hydrogen (secondary N) is 1. The molecule has 0 radical (unpaired) electrons. The van der Waals surface area contributed by atoms with E-state index < -0.39 is 0 Å². The van der Waals surface area contributed by atoms with E-state index in [2.05, 4.69) is 37.1 Å². The van der Waals surface area contributed by atoms with Crippen LogP contribution in [0.1, 0.15) is 26.3 Å². The summed E-state index contributed by atoms with van der Waals surface area (Å²) < 4.78 is 12.9. The number of nitrogens with zero attached hydrogens (tertiary/aromatic N) is 1. The Morgan fingerprint density at radius 1 is 1.15 bits per heavy atom. The summed E-state index contributed by atoms with van der Waals surface area (Å²) in [5.74, 6) is -0.218. The van der Waals surface area contributed by atoms with Gasteiger partial charge in [-0.2, -0.15) is 0 Å². The third-order valence-corrected chi connectivity index (χ3v) is 3.76. The maximum Gasteiger partial charge on any atom is 0.123 e. The predicted octanol–water partition coefficient (Wildman–Crippen LogP) is 4.26. The molecule has 1 N–H and O–H groups in total. The van der Waals surface area contributed by atoms with Crippen molar-refractivity contribution >= 4 is 11.8 Å². The van der Waals surface area contributed by atoms with Crippen LogP contribution in [0.5, 0.6) is 0 Å². The van der Waals surface area contributed by atoms with Gasteiger partial charge in [-0.3, -0.25) is 0 Å². The molecule has 106 valence electrons. The quantitative estimate of drug-likeness (QED) is 0.910. The first-order chi connectivity index (χ1) is 9.44. The highest BCUT2D eigenvalue weighted by molar-refractivity contribution is 7.99. The van der Waals surface area contributed by atoms with Crippen LogP contribution in [0.4, 0.5) is 4.39 Å². The summed E-state index contributed by atoms with van der Waals surface area (Å²) in [6, 6.07) is 10.5. The molecule has 0 spiro atoms. The highest BCUT2D eigenvalue weighted by Gasteiger charge is 2.11. The second-order valence-electron chi connectivity index (χ2n) is 5.63. The van der Waals surface area contributed by atoms with E-state index in [1.54, 1.807) is 30.1 Å². The molecule has 0 saturated carbocycles. The molecule has 20 heavy (non-hydrogen) atoms. The summed E-state index contributed by atoms with van der Waals surface area (Å²) in [4.78, 5) is 5.41. The Bertz CT molecular complexity index is 561. The average molecular weight is 290 g/mol. The van der Waals surface area contributed by atoms with Gasteiger partial charge < -0.3 is 5.32 Å². The Balaban J connectivity index is 2.13. The van der Waals surface area contributed by atoms with Crippen molar-refractivity contribution in [1.82, 2.24) is 10.3 Å². The van der Waals surface area contributed by atoms with Crippen LogP contribution in [0.25, 0.3) is 0 Å². The number of pyridine rings is 1. The topological polar surface area (TPSA) is 24.9 Å². The number of rotatable bonds is 4. The van der Waals surface area contributed by atoms with Crippen molar-refractivity contribution in [1.29, 1.82) is 0 Å². The number of hydrogen-bond donors (Lipinski definition) is 1. The van der Waals surface area contributed by atoms with Gasteiger partial charge in [0.15, 0.2) is 0 Å². The lowest BCUT2D eigenvalue weighted by Gasteiger charge is -2.21. The van der Waals surface area contributed by atoms with E-state index in [4.69, 9.17) is 0 Å². The smallest absolute Gasteiger partial charge is 0.123 e. The minimum absolute atomic E-state index is 0.0631. The van der Waals surface area contributed by atoms with Gasteiger partial charge in [0, 0.05) is 23.2 Å². The monoisotopic (exact) mass is 290 g/mol. The number of hydrogen-bond acceptors (Lipinski definition) is 3. The normalized spacial score (nSPS) is 11.6. The number of aromatic nitrogens is 1. The first kappa shape index (κ1) is 15.0. The molecule has 2 rings (SSSR count). The molecular formula is C16H19FN2S. The number of benzene rings is 1. The van der Waals surface area contributed by atoms with Crippen LogP contribution >= 0.6 is 11.8 Å². The number of halogens is 1. The molecule has 0 aliphatic rings. The fourth-order valence-corrected chi connectivity index (χ4v) is 2.51. The standard InChI is InChI=1S/C16H19FN2S/c1-16(2,3)19-11-12-5-4-10-18-15(12)20-14-8-6-13(17)7-9-14/h4-10,19H,11H2,1-3H3. The molecule has 0 saturated heterocycles.